The molecule has 186 valence electrons. The van der Waals surface area contributed by atoms with Crippen LogP contribution in [0.4, 0.5) is 9.18 Å². The molecule has 0 radical (unpaired) electrons. The van der Waals surface area contributed by atoms with Gasteiger partial charge in [0.15, 0.2) is 11.6 Å². The molecule has 1 unspecified atom stereocenters. The van der Waals surface area contributed by atoms with Gasteiger partial charge in [-0.15, -0.1) is 0 Å². The fourth-order valence-corrected chi connectivity index (χ4v) is 5.67. The number of aromatic amines is 1. The molecular formula is C26H31FN4O4. The zero-order valence-electron chi connectivity index (χ0n) is 20.5. The average Bonchev–Trinajstić information content (AvgIpc) is 3.26. The summed E-state index contributed by atoms with van der Waals surface area (Å²) in [6.07, 6.45) is 6.06. The van der Waals surface area contributed by atoms with E-state index in [-0.39, 0.29) is 24.1 Å². The van der Waals surface area contributed by atoms with Crippen molar-refractivity contribution < 1.29 is 23.8 Å². The van der Waals surface area contributed by atoms with Crippen LogP contribution in [0.25, 0.3) is 10.9 Å². The number of fused-ring (bicyclic) bond motifs is 4. The van der Waals surface area contributed by atoms with Crippen molar-refractivity contribution in [3.05, 3.63) is 53.0 Å². The normalized spacial score (nSPS) is 26.0. The molecule has 0 spiro atoms. The smallest absolute Gasteiger partial charge is 0.328 e. The van der Waals surface area contributed by atoms with E-state index in [9.17, 15) is 14.7 Å². The van der Waals surface area contributed by atoms with E-state index in [4.69, 9.17) is 4.74 Å². The van der Waals surface area contributed by atoms with Crippen molar-refractivity contribution in [1.29, 1.82) is 0 Å². The van der Waals surface area contributed by atoms with Crippen LogP contribution in [0.15, 0.2) is 35.9 Å². The Bertz CT molecular complexity index is 1270. The maximum Gasteiger partial charge on any atom is 0.328 e. The quantitative estimate of drug-likeness (QED) is 0.618. The second-order valence-corrected chi connectivity index (χ2v) is 10.0. The Hall–Kier alpha value is -3.17. The number of aromatic nitrogens is 1. The van der Waals surface area contributed by atoms with E-state index in [1.165, 1.54) is 12.0 Å². The number of halogens is 1. The Morgan fingerprint density at radius 1 is 1.31 bits per heavy atom. The van der Waals surface area contributed by atoms with Crippen LogP contribution in [0.5, 0.6) is 5.75 Å². The molecule has 3 atom stereocenters. The fourth-order valence-electron chi connectivity index (χ4n) is 5.67. The van der Waals surface area contributed by atoms with E-state index >= 15 is 4.39 Å². The monoisotopic (exact) mass is 482 g/mol. The van der Waals surface area contributed by atoms with Gasteiger partial charge in [-0.3, -0.25) is 14.6 Å². The summed E-state index contributed by atoms with van der Waals surface area (Å²) in [5.41, 5.74) is 1.41. The van der Waals surface area contributed by atoms with Gasteiger partial charge in [-0.05, 0) is 63.7 Å². The van der Waals surface area contributed by atoms with Gasteiger partial charge in [0.05, 0.1) is 13.2 Å². The molecule has 1 fully saturated rings. The van der Waals surface area contributed by atoms with Crippen LogP contribution in [-0.4, -0.2) is 82.7 Å². The molecule has 1 aromatic carbocycles. The van der Waals surface area contributed by atoms with Gasteiger partial charge in [-0.2, -0.15) is 0 Å². The maximum atomic E-state index is 15.5. The number of urea groups is 1. The topological polar surface area (TPSA) is 89.1 Å². The predicted molar refractivity (Wildman–Crippen MR) is 130 cm³/mol. The number of methoxy groups -OCH3 is 1. The third-order valence-electron chi connectivity index (χ3n) is 7.33. The number of nitrogens with one attached hydrogen (secondary N) is 1. The number of carbonyl (C=O) groups is 2. The highest BCUT2D eigenvalue weighted by atomic mass is 19.1. The van der Waals surface area contributed by atoms with E-state index in [1.807, 2.05) is 31.1 Å². The summed E-state index contributed by atoms with van der Waals surface area (Å²) in [4.78, 5) is 35.8. The van der Waals surface area contributed by atoms with Gasteiger partial charge in [-0.25, -0.2) is 9.18 Å². The number of benzene rings is 1. The van der Waals surface area contributed by atoms with Crippen LogP contribution in [-0.2, 0) is 11.2 Å². The number of nitrogens with zero attached hydrogens (tertiary/aromatic N) is 3. The van der Waals surface area contributed by atoms with Crippen molar-refractivity contribution in [2.24, 2.45) is 0 Å². The van der Waals surface area contributed by atoms with Crippen molar-refractivity contribution in [2.45, 2.75) is 43.9 Å². The van der Waals surface area contributed by atoms with Gasteiger partial charge >= 0.3 is 6.03 Å². The Morgan fingerprint density at radius 3 is 2.77 bits per heavy atom. The second kappa shape index (κ2) is 8.49. The molecular weight excluding hydrogens is 451 g/mol. The number of carbonyl (C=O) groups excluding carboxylic acids is 2. The van der Waals surface area contributed by atoms with Gasteiger partial charge in [-0.1, -0.05) is 18.2 Å². The van der Waals surface area contributed by atoms with Crippen molar-refractivity contribution in [3.63, 3.8) is 0 Å². The molecule has 3 amide bonds. The number of rotatable bonds is 6. The number of aliphatic hydroxyl groups excluding tert-OH is 1. The molecule has 2 aromatic rings. The summed E-state index contributed by atoms with van der Waals surface area (Å²) < 4.78 is 20.7. The van der Waals surface area contributed by atoms with Gasteiger partial charge in [0.2, 0.25) is 0 Å². The number of H-pyrrole nitrogens is 1. The minimum absolute atomic E-state index is 0.120. The molecule has 2 N–H and O–H groups in total. The van der Waals surface area contributed by atoms with Crippen molar-refractivity contribution >= 4 is 22.8 Å². The Labute approximate surface area is 203 Å². The van der Waals surface area contributed by atoms with Gasteiger partial charge in [0.1, 0.15) is 11.6 Å². The summed E-state index contributed by atoms with van der Waals surface area (Å²) in [6, 6.07) is 2.28. The summed E-state index contributed by atoms with van der Waals surface area (Å²) in [7, 11) is 5.31. The lowest BCUT2D eigenvalue weighted by molar-refractivity contribution is -0.133. The van der Waals surface area contributed by atoms with E-state index < -0.39 is 23.5 Å². The van der Waals surface area contributed by atoms with E-state index in [2.05, 4.69) is 4.98 Å². The number of hydrogen-bond donors (Lipinski definition) is 2. The first-order valence-corrected chi connectivity index (χ1v) is 11.9. The first-order valence-electron chi connectivity index (χ1n) is 11.9. The fraction of sp³-hybridized carbons (Fsp3) is 0.462. The molecule has 1 aliphatic carbocycles. The summed E-state index contributed by atoms with van der Waals surface area (Å²) >= 11 is 0. The highest BCUT2D eigenvalue weighted by molar-refractivity contribution is 6.08. The molecule has 0 bridgehead atoms. The molecule has 3 heterocycles. The lowest BCUT2D eigenvalue weighted by Crippen LogP contribution is -2.53. The maximum absolute atomic E-state index is 15.5. The van der Waals surface area contributed by atoms with Crippen molar-refractivity contribution in [3.8, 4) is 5.75 Å². The number of hydrogen-bond acceptors (Lipinski definition) is 5. The molecule has 2 aliphatic heterocycles. The van der Waals surface area contributed by atoms with Crippen molar-refractivity contribution in [1.82, 2.24) is 19.7 Å². The number of ether oxygens (including phenoxy) is 1. The lowest BCUT2D eigenvalue weighted by atomic mass is 9.80. The van der Waals surface area contributed by atoms with Crippen LogP contribution in [0, 0.1) is 5.82 Å². The number of aliphatic hydroxyl groups is 1. The van der Waals surface area contributed by atoms with Crippen LogP contribution >= 0.6 is 0 Å². The molecule has 3 aliphatic rings. The Kier molecular flexibility index (Phi) is 5.72. The zero-order valence-corrected chi connectivity index (χ0v) is 20.5. The predicted octanol–water partition coefficient (Wildman–Crippen LogP) is 3.13. The third-order valence-corrected chi connectivity index (χ3v) is 7.33. The molecule has 1 saturated heterocycles. The highest BCUT2D eigenvalue weighted by Crippen LogP contribution is 2.50. The van der Waals surface area contributed by atoms with E-state index in [0.717, 1.165) is 6.54 Å². The number of imide groups is 1. The van der Waals surface area contributed by atoms with Crippen molar-refractivity contribution in [2.75, 3.05) is 34.3 Å². The molecule has 9 heteroatoms. The molecule has 5 rings (SSSR count). The van der Waals surface area contributed by atoms with E-state index in [0.29, 0.717) is 47.1 Å². The molecule has 8 nitrogen and oxygen atoms in total. The highest BCUT2D eigenvalue weighted by Gasteiger charge is 2.60. The van der Waals surface area contributed by atoms with Crippen LogP contribution in [0.1, 0.15) is 37.1 Å². The molecule has 0 saturated carbocycles. The lowest BCUT2D eigenvalue weighted by Gasteiger charge is -2.43. The molecule has 35 heavy (non-hydrogen) atoms. The Balaban J connectivity index is 1.68. The Morgan fingerprint density at radius 2 is 2.09 bits per heavy atom. The average molecular weight is 483 g/mol. The van der Waals surface area contributed by atoms with Gasteiger partial charge < -0.3 is 19.7 Å². The first-order chi connectivity index (χ1) is 16.7. The van der Waals surface area contributed by atoms with Gasteiger partial charge in [0.25, 0.3) is 5.91 Å². The summed E-state index contributed by atoms with van der Waals surface area (Å²) in [6.45, 7) is 2.81. The first kappa shape index (κ1) is 23.6. The second-order valence-electron chi connectivity index (χ2n) is 10.0. The largest absolute Gasteiger partial charge is 0.494 e. The standard InChI is InChI=1S/C26H31FN4O4/c1-26-14-17-20-18(9-10-19(35-4)21(20)27)28-22(17)23(15-7-5-8-16(32)13-15)31(26)25(34)30(24(26)33)12-6-11-29(2)3/h5,7,9-10,13,16,23,28,32H,6,8,11-12,14H2,1-4H3/t16?,23-,26+/m1/s1. The van der Waals surface area contributed by atoms with Crippen LogP contribution in [0.2, 0.25) is 0 Å². The SMILES string of the molecule is COc1ccc2[nH]c3c(c2c1F)C[C@@]1(C)C(=O)N(CCCN(C)C)C(=O)N1[C@@H]3C1=CC(O)CC=C1. The van der Waals surface area contributed by atoms with Crippen LogP contribution < -0.4 is 4.74 Å². The summed E-state index contributed by atoms with van der Waals surface area (Å²) in [5, 5.41) is 10.7. The summed E-state index contributed by atoms with van der Waals surface area (Å²) in [5.74, 6) is -0.656. The van der Waals surface area contributed by atoms with Gasteiger partial charge in [0, 0.05) is 29.6 Å². The van der Waals surface area contributed by atoms with Crippen LogP contribution in [0.3, 0.4) is 0 Å². The number of amides is 3. The minimum atomic E-state index is -1.19. The third kappa shape index (κ3) is 3.56. The molecule has 1 aromatic heterocycles. The minimum Gasteiger partial charge on any atom is -0.494 e. The zero-order chi connectivity index (χ0) is 25.1. The van der Waals surface area contributed by atoms with E-state index in [1.54, 1.807) is 30.0 Å².